The van der Waals surface area contributed by atoms with E-state index in [1.165, 1.54) is 5.56 Å². The standard InChI is InChI=1S/C19H18N2O2S/c1-2-18-21-15-8-7-12(9-17(15)24-18)19(22)20-10-13-11-23-16-6-4-3-5-14(13)16/h3-9,13H,2,10-11H2,1H3,(H,20,22)/t13-/m0/s1. The largest absolute Gasteiger partial charge is 0.493 e. The van der Waals surface area contributed by atoms with Gasteiger partial charge in [0.1, 0.15) is 5.75 Å². The highest BCUT2D eigenvalue weighted by atomic mass is 32.1. The van der Waals surface area contributed by atoms with Gasteiger partial charge < -0.3 is 10.1 Å². The Kier molecular flexibility index (Phi) is 3.94. The van der Waals surface area contributed by atoms with Gasteiger partial charge in [-0.15, -0.1) is 11.3 Å². The number of aryl methyl sites for hydroxylation is 1. The normalized spacial score (nSPS) is 16.0. The predicted molar refractivity (Wildman–Crippen MR) is 96.0 cm³/mol. The molecule has 0 aliphatic carbocycles. The van der Waals surface area contributed by atoms with Crippen LogP contribution in [0.3, 0.4) is 0 Å². The van der Waals surface area contributed by atoms with Gasteiger partial charge in [0, 0.05) is 23.6 Å². The molecule has 2 heterocycles. The molecule has 1 atom stereocenters. The number of fused-ring (bicyclic) bond motifs is 2. The topological polar surface area (TPSA) is 51.2 Å². The van der Waals surface area contributed by atoms with Crippen LogP contribution in [0.5, 0.6) is 5.75 Å². The molecule has 0 unspecified atom stereocenters. The number of hydrogen-bond acceptors (Lipinski definition) is 4. The smallest absolute Gasteiger partial charge is 0.251 e. The molecule has 122 valence electrons. The second-order valence-electron chi connectivity index (χ2n) is 5.90. The van der Waals surface area contributed by atoms with Gasteiger partial charge in [0.25, 0.3) is 5.91 Å². The molecular formula is C19H18N2O2S. The summed E-state index contributed by atoms with van der Waals surface area (Å²) in [5, 5.41) is 4.13. The van der Waals surface area contributed by atoms with E-state index in [1.54, 1.807) is 11.3 Å². The molecule has 1 amide bonds. The second-order valence-corrected chi connectivity index (χ2v) is 7.01. The van der Waals surface area contributed by atoms with Crippen LogP contribution in [0, 0.1) is 0 Å². The Morgan fingerprint density at radius 1 is 1.33 bits per heavy atom. The lowest BCUT2D eigenvalue weighted by Crippen LogP contribution is -2.28. The summed E-state index contributed by atoms with van der Waals surface area (Å²) in [6.45, 7) is 3.29. The van der Waals surface area contributed by atoms with E-state index in [0.717, 1.165) is 27.4 Å². The van der Waals surface area contributed by atoms with E-state index in [2.05, 4.69) is 23.3 Å². The average Bonchev–Trinajstić information content (AvgIpc) is 3.22. The van der Waals surface area contributed by atoms with Crippen LogP contribution in [0.4, 0.5) is 0 Å². The fraction of sp³-hybridized carbons (Fsp3) is 0.263. The lowest BCUT2D eigenvalue weighted by Gasteiger charge is -2.10. The highest BCUT2D eigenvalue weighted by molar-refractivity contribution is 7.18. The van der Waals surface area contributed by atoms with Crippen molar-refractivity contribution < 1.29 is 9.53 Å². The Morgan fingerprint density at radius 2 is 2.21 bits per heavy atom. The number of ether oxygens (including phenoxy) is 1. The minimum Gasteiger partial charge on any atom is -0.493 e. The molecule has 0 saturated carbocycles. The summed E-state index contributed by atoms with van der Waals surface area (Å²) in [5.74, 6) is 1.09. The molecule has 5 heteroatoms. The van der Waals surface area contributed by atoms with Crippen LogP contribution in [0.15, 0.2) is 42.5 Å². The van der Waals surface area contributed by atoms with Crippen molar-refractivity contribution in [3.8, 4) is 5.75 Å². The Morgan fingerprint density at radius 3 is 3.08 bits per heavy atom. The Bertz CT molecular complexity index is 903. The van der Waals surface area contributed by atoms with Gasteiger partial charge in [-0.25, -0.2) is 4.98 Å². The average molecular weight is 338 g/mol. The number of thiazole rings is 1. The van der Waals surface area contributed by atoms with Crippen molar-refractivity contribution in [2.45, 2.75) is 19.3 Å². The third-order valence-corrected chi connectivity index (χ3v) is 5.47. The second kappa shape index (κ2) is 6.24. The maximum atomic E-state index is 12.5. The molecule has 0 fully saturated rings. The van der Waals surface area contributed by atoms with Crippen LogP contribution in [0.25, 0.3) is 10.2 Å². The van der Waals surface area contributed by atoms with E-state index in [0.29, 0.717) is 18.7 Å². The Hall–Kier alpha value is -2.40. The third kappa shape index (κ3) is 2.76. The van der Waals surface area contributed by atoms with Crippen LogP contribution in [-0.4, -0.2) is 24.0 Å². The number of hydrogen-bond donors (Lipinski definition) is 1. The maximum absolute atomic E-state index is 12.5. The first-order valence-corrected chi connectivity index (χ1v) is 8.95. The molecule has 3 aromatic rings. The van der Waals surface area contributed by atoms with Crippen LogP contribution in [0.1, 0.15) is 33.8 Å². The van der Waals surface area contributed by atoms with Gasteiger partial charge in [-0.3, -0.25) is 4.79 Å². The molecule has 0 radical (unpaired) electrons. The van der Waals surface area contributed by atoms with Crippen molar-refractivity contribution in [1.82, 2.24) is 10.3 Å². The third-order valence-electron chi connectivity index (χ3n) is 4.31. The quantitative estimate of drug-likeness (QED) is 0.788. The number of nitrogens with one attached hydrogen (secondary N) is 1. The maximum Gasteiger partial charge on any atom is 0.251 e. The summed E-state index contributed by atoms with van der Waals surface area (Å²) < 4.78 is 6.73. The van der Waals surface area contributed by atoms with Crippen molar-refractivity contribution in [2.24, 2.45) is 0 Å². The monoisotopic (exact) mass is 338 g/mol. The van der Waals surface area contributed by atoms with E-state index in [-0.39, 0.29) is 11.8 Å². The van der Waals surface area contributed by atoms with Crippen molar-refractivity contribution in [1.29, 1.82) is 0 Å². The van der Waals surface area contributed by atoms with Gasteiger partial charge >= 0.3 is 0 Å². The fourth-order valence-corrected chi connectivity index (χ4v) is 3.93. The van der Waals surface area contributed by atoms with Gasteiger partial charge in [0.15, 0.2) is 0 Å². The zero-order valence-corrected chi connectivity index (χ0v) is 14.2. The summed E-state index contributed by atoms with van der Waals surface area (Å²) in [6, 6.07) is 13.7. The van der Waals surface area contributed by atoms with Crippen LogP contribution >= 0.6 is 11.3 Å². The van der Waals surface area contributed by atoms with E-state index >= 15 is 0 Å². The molecule has 4 nitrogen and oxygen atoms in total. The highest BCUT2D eigenvalue weighted by Crippen LogP contribution is 2.33. The van der Waals surface area contributed by atoms with Crippen LogP contribution in [-0.2, 0) is 6.42 Å². The lowest BCUT2D eigenvalue weighted by atomic mass is 10.0. The summed E-state index contributed by atoms with van der Waals surface area (Å²) in [4.78, 5) is 17.0. The van der Waals surface area contributed by atoms with E-state index in [1.807, 2.05) is 36.4 Å². The molecule has 24 heavy (non-hydrogen) atoms. The Labute approximate surface area is 144 Å². The van der Waals surface area contributed by atoms with E-state index in [4.69, 9.17) is 4.74 Å². The van der Waals surface area contributed by atoms with Crippen molar-refractivity contribution >= 4 is 27.5 Å². The number of nitrogens with zero attached hydrogens (tertiary/aromatic N) is 1. The number of para-hydroxylation sites is 1. The number of rotatable bonds is 4. The zero-order chi connectivity index (χ0) is 16.5. The summed E-state index contributed by atoms with van der Waals surface area (Å²) in [7, 11) is 0. The molecule has 0 spiro atoms. The highest BCUT2D eigenvalue weighted by Gasteiger charge is 2.24. The van der Waals surface area contributed by atoms with Gasteiger partial charge in [0.05, 0.1) is 21.8 Å². The van der Waals surface area contributed by atoms with Gasteiger partial charge in [-0.2, -0.15) is 0 Å². The first-order valence-electron chi connectivity index (χ1n) is 8.14. The fourth-order valence-electron chi connectivity index (χ4n) is 2.98. The van der Waals surface area contributed by atoms with Crippen molar-refractivity contribution in [3.63, 3.8) is 0 Å². The lowest BCUT2D eigenvalue weighted by molar-refractivity contribution is 0.0950. The predicted octanol–water partition coefficient (Wildman–Crippen LogP) is 3.76. The molecule has 0 saturated heterocycles. The molecule has 2 aromatic carbocycles. The summed E-state index contributed by atoms with van der Waals surface area (Å²) >= 11 is 1.65. The van der Waals surface area contributed by atoms with E-state index in [9.17, 15) is 4.79 Å². The SMILES string of the molecule is CCc1nc2ccc(C(=O)NC[C@H]3COc4ccccc43)cc2s1. The molecular weight excluding hydrogens is 320 g/mol. The van der Waals surface area contributed by atoms with Crippen molar-refractivity contribution in [2.75, 3.05) is 13.2 Å². The minimum atomic E-state index is -0.0484. The van der Waals surface area contributed by atoms with Crippen molar-refractivity contribution in [3.05, 3.63) is 58.6 Å². The number of aromatic nitrogens is 1. The number of amides is 1. The molecule has 1 aliphatic rings. The molecule has 4 rings (SSSR count). The Balaban J connectivity index is 1.47. The molecule has 1 N–H and O–H groups in total. The van der Waals surface area contributed by atoms with Gasteiger partial charge in [-0.1, -0.05) is 25.1 Å². The first kappa shape index (κ1) is 15.1. The summed E-state index contributed by atoms with van der Waals surface area (Å²) in [6.07, 6.45) is 0.919. The van der Waals surface area contributed by atoms with Gasteiger partial charge in [-0.05, 0) is 30.7 Å². The molecule has 1 aliphatic heterocycles. The van der Waals surface area contributed by atoms with Gasteiger partial charge in [0.2, 0.25) is 0 Å². The number of carbonyl (C=O) groups is 1. The zero-order valence-electron chi connectivity index (χ0n) is 13.4. The van der Waals surface area contributed by atoms with Crippen LogP contribution < -0.4 is 10.1 Å². The summed E-state index contributed by atoms with van der Waals surface area (Å²) in [5.41, 5.74) is 2.82. The first-order chi connectivity index (χ1) is 11.7. The number of carbonyl (C=O) groups excluding carboxylic acids is 1. The molecule has 1 aromatic heterocycles. The minimum absolute atomic E-state index is 0.0484. The van der Waals surface area contributed by atoms with Crippen LogP contribution in [0.2, 0.25) is 0 Å². The number of benzene rings is 2. The molecule has 0 bridgehead atoms. The van der Waals surface area contributed by atoms with E-state index < -0.39 is 0 Å².